The molecule has 0 saturated carbocycles. The molecule has 6 nitrogen and oxygen atoms in total. The van der Waals surface area contributed by atoms with Crippen LogP contribution < -0.4 is 4.72 Å². The fourth-order valence-electron chi connectivity index (χ4n) is 4.76. The molecule has 2 unspecified atom stereocenters. The first-order valence-electron chi connectivity index (χ1n) is 11.6. The van der Waals surface area contributed by atoms with Crippen molar-refractivity contribution in [3.8, 4) is 0 Å². The summed E-state index contributed by atoms with van der Waals surface area (Å²) in [4.78, 5) is 10.6. The number of hydrogen-bond acceptors (Lipinski definition) is 5. The predicted octanol–water partition coefficient (Wildman–Crippen LogP) is 4.79. The van der Waals surface area contributed by atoms with Gasteiger partial charge in [-0.3, -0.25) is 14.6 Å². The summed E-state index contributed by atoms with van der Waals surface area (Å²) in [6, 6.07) is 3.37. The zero-order chi connectivity index (χ0) is 24.5. The average Bonchev–Trinajstić information content (AvgIpc) is 2.79. The van der Waals surface area contributed by atoms with Gasteiger partial charge in [-0.1, -0.05) is 32.4 Å². The fourth-order valence-corrected chi connectivity index (χ4v) is 6.28. The van der Waals surface area contributed by atoms with Gasteiger partial charge in [0.1, 0.15) is 16.9 Å². The van der Waals surface area contributed by atoms with Gasteiger partial charge in [0.05, 0.1) is 18.1 Å². The van der Waals surface area contributed by atoms with Crippen molar-refractivity contribution in [2.75, 3.05) is 17.8 Å². The molecular weight excluding hydrogens is 458 g/mol. The van der Waals surface area contributed by atoms with Gasteiger partial charge in [-0.2, -0.15) is 0 Å². The molecule has 1 aromatic carbocycles. The van der Waals surface area contributed by atoms with E-state index in [0.717, 1.165) is 48.7 Å². The molecule has 1 N–H and O–H groups in total. The highest BCUT2D eigenvalue weighted by Gasteiger charge is 2.37. The smallest absolute Gasteiger partial charge is 0.241 e. The number of halogens is 2. The monoisotopic (exact) mass is 488 g/mol. The zero-order valence-corrected chi connectivity index (χ0v) is 20.4. The molecule has 0 saturated heterocycles. The van der Waals surface area contributed by atoms with E-state index >= 15 is 0 Å². The summed E-state index contributed by atoms with van der Waals surface area (Å²) >= 11 is 0. The molecule has 182 valence electrons. The van der Waals surface area contributed by atoms with E-state index in [0.29, 0.717) is 12.1 Å². The SMILES string of the molecule is CCCc1cnc(NS(=O)(=O)C2C=CC3=C(CN([C@H](C)c4cc(F)cc(F)c4)CC3)C2C)cn1. The Morgan fingerprint density at radius 3 is 2.56 bits per heavy atom. The third-order valence-corrected chi connectivity index (χ3v) is 8.49. The van der Waals surface area contributed by atoms with Crippen molar-refractivity contribution in [1.82, 2.24) is 14.9 Å². The third kappa shape index (κ3) is 5.20. The van der Waals surface area contributed by atoms with Crippen LogP contribution in [0.1, 0.15) is 50.9 Å². The number of benzene rings is 1. The number of allylic oxidation sites excluding steroid dienone is 1. The Bertz CT molecular complexity index is 1190. The molecule has 3 atom stereocenters. The average molecular weight is 489 g/mol. The number of anilines is 1. The Kier molecular flexibility index (Phi) is 7.14. The molecule has 0 amide bonds. The normalized spacial score (nSPS) is 21.9. The van der Waals surface area contributed by atoms with Gasteiger partial charge in [0.15, 0.2) is 5.82 Å². The lowest BCUT2D eigenvalue weighted by atomic mass is 9.83. The van der Waals surface area contributed by atoms with Crippen LogP contribution in [0.2, 0.25) is 0 Å². The van der Waals surface area contributed by atoms with Gasteiger partial charge in [0, 0.05) is 31.1 Å². The first-order chi connectivity index (χ1) is 16.2. The van der Waals surface area contributed by atoms with Crippen LogP contribution in [-0.2, 0) is 16.4 Å². The van der Waals surface area contributed by atoms with E-state index in [1.54, 1.807) is 12.3 Å². The van der Waals surface area contributed by atoms with Gasteiger partial charge >= 0.3 is 0 Å². The number of nitrogens with one attached hydrogen (secondary N) is 1. The summed E-state index contributed by atoms with van der Waals surface area (Å²) in [5, 5.41) is -0.759. The van der Waals surface area contributed by atoms with Gasteiger partial charge < -0.3 is 0 Å². The number of hydrogen-bond donors (Lipinski definition) is 1. The van der Waals surface area contributed by atoms with Crippen molar-refractivity contribution in [2.24, 2.45) is 5.92 Å². The predicted molar refractivity (Wildman–Crippen MR) is 129 cm³/mol. The van der Waals surface area contributed by atoms with E-state index in [2.05, 4.69) is 19.6 Å². The van der Waals surface area contributed by atoms with E-state index in [4.69, 9.17) is 0 Å². The van der Waals surface area contributed by atoms with E-state index in [-0.39, 0.29) is 17.8 Å². The quantitative estimate of drug-likeness (QED) is 0.607. The summed E-state index contributed by atoms with van der Waals surface area (Å²) in [7, 11) is -3.75. The lowest BCUT2D eigenvalue weighted by molar-refractivity contribution is 0.212. The van der Waals surface area contributed by atoms with Crippen LogP contribution in [0.15, 0.2) is 53.9 Å². The molecule has 1 aromatic heterocycles. The molecule has 34 heavy (non-hydrogen) atoms. The largest absolute Gasteiger partial charge is 0.292 e. The Morgan fingerprint density at radius 1 is 1.18 bits per heavy atom. The van der Waals surface area contributed by atoms with Crippen LogP contribution in [0.5, 0.6) is 0 Å². The molecule has 0 bridgehead atoms. The highest BCUT2D eigenvalue weighted by Crippen LogP contribution is 2.37. The highest BCUT2D eigenvalue weighted by molar-refractivity contribution is 7.93. The number of nitrogens with zero attached hydrogens (tertiary/aromatic N) is 3. The van der Waals surface area contributed by atoms with Gasteiger partial charge in [0.25, 0.3) is 0 Å². The Balaban J connectivity index is 1.49. The van der Waals surface area contributed by atoms with Crippen molar-refractivity contribution in [2.45, 2.75) is 51.3 Å². The minimum Gasteiger partial charge on any atom is -0.292 e. The lowest BCUT2D eigenvalue weighted by Crippen LogP contribution is -2.41. The molecule has 0 radical (unpaired) electrons. The van der Waals surface area contributed by atoms with Crippen LogP contribution >= 0.6 is 0 Å². The van der Waals surface area contributed by atoms with Gasteiger partial charge in [0.2, 0.25) is 10.0 Å². The van der Waals surface area contributed by atoms with Crippen LogP contribution in [-0.4, -0.2) is 41.6 Å². The first kappa shape index (κ1) is 24.5. The molecule has 0 spiro atoms. The molecule has 1 aliphatic heterocycles. The van der Waals surface area contributed by atoms with Crippen molar-refractivity contribution < 1.29 is 17.2 Å². The van der Waals surface area contributed by atoms with Gasteiger partial charge in [-0.05, 0) is 48.6 Å². The standard InChI is InChI=1S/C25H30F2N4O2S/c1-4-5-22-13-29-25(14-28-22)30-34(32,33)24-7-6-18-8-9-31(15-23(18)16(24)2)17(3)19-10-20(26)12-21(27)11-19/h6-7,10-14,16-17,24H,4-5,8-9,15H2,1-3H3,(H,29,30)/t16?,17-,24?/m1/s1. The van der Waals surface area contributed by atoms with Crippen LogP contribution in [0, 0.1) is 17.6 Å². The summed E-state index contributed by atoms with van der Waals surface area (Å²) in [5.74, 6) is -1.26. The van der Waals surface area contributed by atoms with E-state index < -0.39 is 26.9 Å². The Labute approximate surface area is 199 Å². The lowest BCUT2D eigenvalue weighted by Gasteiger charge is -2.39. The third-order valence-electron chi connectivity index (χ3n) is 6.72. The molecular formula is C25H30F2N4O2S. The second-order valence-electron chi connectivity index (χ2n) is 9.05. The fraction of sp³-hybridized carbons (Fsp3) is 0.440. The molecule has 2 aliphatic rings. The van der Waals surface area contributed by atoms with Gasteiger partial charge in [-0.15, -0.1) is 0 Å². The summed E-state index contributed by atoms with van der Waals surface area (Å²) < 4.78 is 56.5. The number of aryl methyl sites for hydroxylation is 1. The van der Waals surface area contributed by atoms with Crippen molar-refractivity contribution in [3.05, 3.63) is 76.8 Å². The maximum absolute atomic E-state index is 13.7. The zero-order valence-electron chi connectivity index (χ0n) is 19.6. The molecule has 2 heterocycles. The van der Waals surface area contributed by atoms with E-state index in [9.17, 15) is 17.2 Å². The summed E-state index contributed by atoms with van der Waals surface area (Å²) in [5.41, 5.74) is 3.56. The molecule has 0 fully saturated rings. The molecule has 4 rings (SSSR count). The Morgan fingerprint density at radius 2 is 1.91 bits per heavy atom. The van der Waals surface area contributed by atoms with Crippen LogP contribution in [0.25, 0.3) is 0 Å². The minimum absolute atomic E-state index is 0.201. The minimum atomic E-state index is -3.75. The van der Waals surface area contributed by atoms with Crippen molar-refractivity contribution in [3.63, 3.8) is 0 Å². The second kappa shape index (κ2) is 9.92. The number of rotatable bonds is 7. The topological polar surface area (TPSA) is 75.2 Å². The van der Waals surface area contributed by atoms with Gasteiger partial charge in [-0.25, -0.2) is 22.2 Å². The summed E-state index contributed by atoms with van der Waals surface area (Å²) in [6.07, 6.45) is 9.17. The first-order valence-corrected chi connectivity index (χ1v) is 13.1. The Hall–Kier alpha value is -2.65. The van der Waals surface area contributed by atoms with E-state index in [1.165, 1.54) is 18.3 Å². The number of aromatic nitrogens is 2. The number of sulfonamides is 1. The molecule has 2 aromatic rings. The van der Waals surface area contributed by atoms with Crippen LogP contribution in [0.3, 0.4) is 0 Å². The van der Waals surface area contributed by atoms with E-state index in [1.807, 2.05) is 26.8 Å². The van der Waals surface area contributed by atoms with Crippen molar-refractivity contribution >= 4 is 15.8 Å². The molecule has 9 heteroatoms. The molecule has 1 aliphatic carbocycles. The van der Waals surface area contributed by atoms with Crippen LogP contribution in [0.4, 0.5) is 14.6 Å². The summed E-state index contributed by atoms with van der Waals surface area (Å²) in [6.45, 7) is 7.14. The van der Waals surface area contributed by atoms with Crippen molar-refractivity contribution in [1.29, 1.82) is 0 Å². The maximum Gasteiger partial charge on any atom is 0.241 e. The second-order valence-corrected chi connectivity index (χ2v) is 10.9. The maximum atomic E-state index is 13.7. The highest BCUT2D eigenvalue weighted by atomic mass is 32.2.